The van der Waals surface area contributed by atoms with Crippen molar-refractivity contribution in [1.29, 1.82) is 0 Å². The topological polar surface area (TPSA) is 115 Å². The predicted molar refractivity (Wildman–Crippen MR) is 96.3 cm³/mol. The molecule has 0 radical (unpaired) electrons. The van der Waals surface area contributed by atoms with E-state index in [1.807, 2.05) is 24.3 Å². The van der Waals surface area contributed by atoms with Gasteiger partial charge in [0.2, 0.25) is 17.7 Å². The summed E-state index contributed by atoms with van der Waals surface area (Å²) in [5.41, 5.74) is 11.7. The van der Waals surface area contributed by atoms with Gasteiger partial charge in [-0.25, -0.2) is 0 Å². The number of benzene rings is 1. The van der Waals surface area contributed by atoms with Crippen molar-refractivity contribution in [3.63, 3.8) is 0 Å². The molecule has 0 fully saturated rings. The number of nitrogens with one attached hydrogen (secondary N) is 1. The highest BCUT2D eigenvalue weighted by Gasteiger charge is 2.11. The largest absolute Gasteiger partial charge is 0.368 e. The maximum atomic E-state index is 11.7. The molecule has 1 atom stereocenters. The molecule has 0 aliphatic carbocycles. The van der Waals surface area contributed by atoms with Crippen molar-refractivity contribution in [2.24, 2.45) is 11.5 Å². The van der Waals surface area contributed by atoms with Crippen LogP contribution in [0.4, 0.5) is 0 Å². The van der Waals surface area contributed by atoms with Gasteiger partial charge < -0.3 is 11.5 Å². The summed E-state index contributed by atoms with van der Waals surface area (Å²) in [6, 6.07) is 7.37. The zero-order valence-electron chi connectivity index (χ0n) is 12.9. The lowest BCUT2D eigenvalue weighted by molar-refractivity contribution is -0.130. The zero-order chi connectivity index (χ0) is 17.2. The van der Waals surface area contributed by atoms with E-state index < -0.39 is 11.9 Å². The van der Waals surface area contributed by atoms with Crippen molar-refractivity contribution >= 4 is 40.3 Å². The second-order valence-electron chi connectivity index (χ2n) is 5.35. The number of amides is 3. The lowest BCUT2D eigenvalue weighted by Crippen LogP contribution is -2.36. The Morgan fingerprint density at radius 1 is 1.04 bits per heavy atom. The van der Waals surface area contributed by atoms with E-state index in [1.165, 1.54) is 9.13 Å². The maximum absolute atomic E-state index is 11.7. The first kappa shape index (κ1) is 19.6. The Hall–Kier alpha value is -1.48. The van der Waals surface area contributed by atoms with Gasteiger partial charge in [-0.2, -0.15) is 0 Å². The van der Waals surface area contributed by atoms with Crippen LogP contribution < -0.4 is 16.8 Å². The molecule has 6 nitrogen and oxygen atoms in total. The fraction of sp³-hybridized carbons (Fsp3) is 0.438. The number of rotatable bonds is 9. The number of imide groups is 1. The van der Waals surface area contributed by atoms with Gasteiger partial charge in [-0.1, -0.05) is 12.1 Å². The third kappa shape index (κ3) is 8.65. The lowest BCUT2D eigenvalue weighted by Gasteiger charge is -2.07. The fourth-order valence-electron chi connectivity index (χ4n) is 2.01. The summed E-state index contributed by atoms with van der Waals surface area (Å²) in [5.74, 6) is -1.21. The molecule has 0 aromatic heterocycles. The molecule has 1 unspecified atom stereocenters. The fourth-order valence-corrected chi connectivity index (χ4v) is 2.37. The van der Waals surface area contributed by atoms with Crippen LogP contribution in [0.2, 0.25) is 0 Å². The van der Waals surface area contributed by atoms with Crippen molar-refractivity contribution < 1.29 is 14.4 Å². The number of hydrogen-bond acceptors (Lipinski definition) is 4. The summed E-state index contributed by atoms with van der Waals surface area (Å²) in [4.78, 5) is 34.0. The molecule has 1 aromatic carbocycles. The van der Waals surface area contributed by atoms with E-state index in [0.29, 0.717) is 25.7 Å². The number of halogens is 1. The SMILES string of the molecule is NC(=O)C(N)CCCC(=O)NC(=O)CCCc1ccc(I)cc1. The predicted octanol–water partition coefficient (Wildman–Crippen LogP) is 1.24. The summed E-state index contributed by atoms with van der Waals surface area (Å²) in [6.45, 7) is 0. The lowest BCUT2D eigenvalue weighted by atomic mass is 10.1. The number of carbonyl (C=O) groups excluding carboxylic acids is 3. The standard InChI is InChI=1S/C16H22IN3O3/c17-12-9-7-11(8-10-12)3-1-5-14(21)20-15(22)6-2-4-13(18)16(19)23/h7-10,13H,1-6,18H2,(H2,19,23)(H,20,21,22). The van der Waals surface area contributed by atoms with Gasteiger partial charge in [0.1, 0.15) is 0 Å². The molecule has 0 aliphatic heterocycles. The number of carbonyl (C=O) groups is 3. The Morgan fingerprint density at radius 2 is 1.61 bits per heavy atom. The molecular weight excluding hydrogens is 409 g/mol. The zero-order valence-corrected chi connectivity index (χ0v) is 15.0. The van der Waals surface area contributed by atoms with E-state index in [1.54, 1.807) is 0 Å². The van der Waals surface area contributed by atoms with Gasteiger partial charge in [0, 0.05) is 16.4 Å². The van der Waals surface area contributed by atoms with Crippen LogP contribution in [-0.4, -0.2) is 23.8 Å². The Balaban J connectivity index is 2.16. The number of primary amides is 1. The third-order valence-corrected chi connectivity index (χ3v) is 4.06. The highest BCUT2D eigenvalue weighted by atomic mass is 127. The van der Waals surface area contributed by atoms with E-state index in [9.17, 15) is 14.4 Å². The van der Waals surface area contributed by atoms with Gasteiger partial charge in [0.05, 0.1) is 6.04 Å². The average molecular weight is 431 g/mol. The van der Waals surface area contributed by atoms with Crippen LogP contribution in [-0.2, 0) is 20.8 Å². The minimum absolute atomic E-state index is 0.157. The summed E-state index contributed by atoms with van der Waals surface area (Å²) in [7, 11) is 0. The monoisotopic (exact) mass is 431 g/mol. The summed E-state index contributed by atoms with van der Waals surface area (Å²) in [6.07, 6.45) is 2.70. The average Bonchev–Trinajstić information content (AvgIpc) is 2.49. The normalized spacial score (nSPS) is 11.7. The van der Waals surface area contributed by atoms with E-state index in [0.717, 1.165) is 6.42 Å². The van der Waals surface area contributed by atoms with Crippen LogP contribution in [0, 0.1) is 3.57 Å². The molecule has 0 saturated carbocycles. The molecule has 0 heterocycles. The van der Waals surface area contributed by atoms with Crippen LogP contribution in [0.5, 0.6) is 0 Å². The van der Waals surface area contributed by atoms with Crippen molar-refractivity contribution in [3.05, 3.63) is 33.4 Å². The van der Waals surface area contributed by atoms with Crippen molar-refractivity contribution in [2.75, 3.05) is 0 Å². The molecule has 0 aliphatic rings. The summed E-state index contributed by atoms with van der Waals surface area (Å²) < 4.78 is 1.17. The summed E-state index contributed by atoms with van der Waals surface area (Å²) >= 11 is 2.24. The molecule has 0 spiro atoms. The molecule has 1 rings (SSSR count). The highest BCUT2D eigenvalue weighted by molar-refractivity contribution is 14.1. The van der Waals surface area contributed by atoms with Gasteiger partial charge in [0.15, 0.2) is 0 Å². The minimum Gasteiger partial charge on any atom is -0.368 e. The van der Waals surface area contributed by atoms with Crippen LogP contribution in [0.3, 0.4) is 0 Å². The molecule has 0 saturated heterocycles. The molecule has 126 valence electrons. The Labute approximate surface area is 149 Å². The van der Waals surface area contributed by atoms with E-state index >= 15 is 0 Å². The first-order valence-corrected chi connectivity index (χ1v) is 8.58. The van der Waals surface area contributed by atoms with Crippen LogP contribution in [0.1, 0.15) is 37.7 Å². The smallest absolute Gasteiger partial charge is 0.234 e. The maximum Gasteiger partial charge on any atom is 0.234 e. The van der Waals surface area contributed by atoms with Gasteiger partial charge in [-0.05, 0) is 66.0 Å². The van der Waals surface area contributed by atoms with Gasteiger partial charge >= 0.3 is 0 Å². The molecule has 1 aromatic rings. The van der Waals surface area contributed by atoms with E-state index in [2.05, 4.69) is 27.9 Å². The number of hydrogen-bond donors (Lipinski definition) is 3. The molecule has 5 N–H and O–H groups in total. The van der Waals surface area contributed by atoms with Crippen LogP contribution >= 0.6 is 22.6 Å². The molecule has 0 bridgehead atoms. The van der Waals surface area contributed by atoms with E-state index in [4.69, 9.17) is 11.5 Å². The van der Waals surface area contributed by atoms with Gasteiger partial charge in [0.25, 0.3) is 0 Å². The quantitative estimate of drug-likeness (QED) is 0.511. The minimum atomic E-state index is -0.743. The second-order valence-corrected chi connectivity index (χ2v) is 6.60. The van der Waals surface area contributed by atoms with Crippen LogP contribution in [0.25, 0.3) is 0 Å². The molecule has 7 heteroatoms. The van der Waals surface area contributed by atoms with E-state index in [-0.39, 0.29) is 18.2 Å². The highest BCUT2D eigenvalue weighted by Crippen LogP contribution is 2.09. The van der Waals surface area contributed by atoms with Gasteiger partial charge in [-0.15, -0.1) is 0 Å². The Bertz CT molecular complexity index is 546. The number of nitrogens with two attached hydrogens (primary N) is 2. The van der Waals surface area contributed by atoms with Crippen molar-refractivity contribution in [1.82, 2.24) is 5.32 Å². The number of aryl methyl sites for hydroxylation is 1. The van der Waals surface area contributed by atoms with Gasteiger partial charge in [-0.3, -0.25) is 19.7 Å². The third-order valence-electron chi connectivity index (χ3n) is 3.35. The second kappa shape index (κ2) is 10.3. The van der Waals surface area contributed by atoms with Crippen LogP contribution in [0.15, 0.2) is 24.3 Å². The molecular formula is C16H22IN3O3. The summed E-state index contributed by atoms with van der Waals surface area (Å²) in [5, 5.41) is 2.34. The van der Waals surface area contributed by atoms with Crippen molar-refractivity contribution in [2.45, 2.75) is 44.6 Å². The Morgan fingerprint density at radius 3 is 2.17 bits per heavy atom. The first-order valence-electron chi connectivity index (χ1n) is 7.50. The molecule has 3 amide bonds. The Kier molecular flexibility index (Phi) is 8.78. The first-order chi connectivity index (χ1) is 10.9. The molecule has 23 heavy (non-hydrogen) atoms. The van der Waals surface area contributed by atoms with Crippen molar-refractivity contribution in [3.8, 4) is 0 Å².